The van der Waals surface area contributed by atoms with Crippen LogP contribution in [0.1, 0.15) is 67.8 Å². The van der Waals surface area contributed by atoms with Gasteiger partial charge in [0.2, 0.25) is 23.6 Å². The molecular formula is C41H43Cl2N7O4. The monoisotopic (exact) mass is 767 g/mol. The fourth-order valence-corrected chi connectivity index (χ4v) is 9.12. The number of pyridine rings is 1. The maximum atomic E-state index is 11.8. The molecule has 2 atom stereocenters. The van der Waals surface area contributed by atoms with Gasteiger partial charge >= 0.3 is 0 Å². The molecule has 13 heteroatoms. The lowest BCUT2D eigenvalue weighted by atomic mass is 9.88. The zero-order valence-electron chi connectivity index (χ0n) is 30.2. The van der Waals surface area contributed by atoms with Gasteiger partial charge in [0, 0.05) is 78.9 Å². The largest absolute Gasteiger partial charge is 0.480 e. The molecule has 280 valence electrons. The predicted octanol–water partition coefficient (Wildman–Crippen LogP) is 6.30. The fourth-order valence-electron chi connectivity index (χ4n) is 8.47. The van der Waals surface area contributed by atoms with E-state index in [0.717, 1.165) is 79.0 Å². The molecule has 5 aliphatic rings. The van der Waals surface area contributed by atoms with E-state index in [1.807, 2.05) is 36.4 Å². The molecule has 2 aromatic carbocycles. The van der Waals surface area contributed by atoms with Crippen LogP contribution in [-0.4, -0.2) is 76.6 Å². The van der Waals surface area contributed by atoms with Crippen LogP contribution in [-0.2, 0) is 22.6 Å². The summed E-state index contributed by atoms with van der Waals surface area (Å²) in [5, 5.41) is 10.9. The lowest BCUT2D eigenvalue weighted by Gasteiger charge is -2.47. The van der Waals surface area contributed by atoms with Crippen molar-refractivity contribution in [1.29, 1.82) is 0 Å². The third kappa shape index (κ3) is 6.91. The van der Waals surface area contributed by atoms with E-state index in [2.05, 4.69) is 26.9 Å². The van der Waals surface area contributed by atoms with E-state index in [-0.39, 0.29) is 29.4 Å². The van der Waals surface area contributed by atoms with Gasteiger partial charge in [0.15, 0.2) is 0 Å². The number of benzene rings is 2. The molecule has 11 nitrogen and oxygen atoms in total. The first-order valence-corrected chi connectivity index (χ1v) is 19.7. The zero-order valence-corrected chi connectivity index (χ0v) is 31.7. The predicted molar refractivity (Wildman–Crippen MR) is 207 cm³/mol. The minimum atomic E-state index is -0.107. The molecule has 2 amide bonds. The number of carbonyl (C=O) groups excluding carboxylic acids is 2. The van der Waals surface area contributed by atoms with Crippen LogP contribution in [0, 0.1) is 5.92 Å². The second-order valence-electron chi connectivity index (χ2n) is 15.5. The van der Waals surface area contributed by atoms with E-state index in [4.69, 9.17) is 47.6 Å². The van der Waals surface area contributed by atoms with Crippen molar-refractivity contribution in [3.63, 3.8) is 0 Å². The quantitative estimate of drug-likeness (QED) is 0.152. The summed E-state index contributed by atoms with van der Waals surface area (Å²) in [7, 11) is 1.60. The highest BCUT2D eigenvalue weighted by molar-refractivity contribution is 6.39. The van der Waals surface area contributed by atoms with Crippen LogP contribution < -0.4 is 25.4 Å². The van der Waals surface area contributed by atoms with E-state index in [0.29, 0.717) is 65.0 Å². The van der Waals surface area contributed by atoms with Crippen LogP contribution in [0.4, 0.5) is 0 Å². The summed E-state index contributed by atoms with van der Waals surface area (Å²) in [6.45, 7) is 3.52. The van der Waals surface area contributed by atoms with Gasteiger partial charge in [-0.25, -0.2) is 9.97 Å². The van der Waals surface area contributed by atoms with Gasteiger partial charge in [-0.15, -0.1) is 0 Å². The standard InChI is InChI=1S/C41H43Cl2N7O4/c1-53-39-33(19-50-21-41(22-50)15-14-35(52)49-41)45-18-32(48-39)29-7-3-5-27(38(29)43)26-4-2-6-28(37(26)42)31-16-24-10-12-30(44-17-25-11-13-34(51)46-25)36(24)40(47-31)54-20-23-8-9-23/h2-7,16,18,23,25,30,44H,8-15,17,19-22H2,1H3,(H,46,51)(H,49,52)/t25-,30?/m0/s1. The summed E-state index contributed by atoms with van der Waals surface area (Å²) in [4.78, 5) is 40.5. The first-order valence-electron chi connectivity index (χ1n) is 19.0. The molecule has 4 aromatic rings. The third-order valence-corrected chi connectivity index (χ3v) is 12.3. The van der Waals surface area contributed by atoms with E-state index in [1.165, 1.54) is 18.4 Å². The molecule has 2 aliphatic carbocycles. The van der Waals surface area contributed by atoms with Crippen LogP contribution in [0.3, 0.4) is 0 Å². The van der Waals surface area contributed by atoms with Crippen molar-refractivity contribution in [2.45, 2.75) is 75.5 Å². The van der Waals surface area contributed by atoms with Crippen LogP contribution in [0.5, 0.6) is 11.8 Å². The lowest BCUT2D eigenvalue weighted by molar-refractivity contribution is -0.121. The number of amides is 2. The van der Waals surface area contributed by atoms with E-state index >= 15 is 0 Å². The number of aryl methyl sites for hydroxylation is 1. The van der Waals surface area contributed by atoms with Gasteiger partial charge < -0.3 is 25.4 Å². The Hall–Kier alpha value is -4.29. The number of nitrogens with one attached hydrogen (secondary N) is 3. The summed E-state index contributed by atoms with van der Waals surface area (Å²) in [6, 6.07) is 14.2. The van der Waals surface area contributed by atoms with Crippen molar-refractivity contribution >= 4 is 35.0 Å². The second-order valence-corrected chi connectivity index (χ2v) is 16.2. The summed E-state index contributed by atoms with van der Waals surface area (Å²) in [5.41, 5.74) is 7.36. The van der Waals surface area contributed by atoms with E-state index < -0.39 is 0 Å². The molecule has 1 saturated carbocycles. The molecule has 5 heterocycles. The lowest BCUT2D eigenvalue weighted by Crippen LogP contribution is -2.66. The number of aromatic nitrogens is 3. The number of nitrogens with zero attached hydrogens (tertiary/aromatic N) is 4. The Morgan fingerprint density at radius 1 is 0.889 bits per heavy atom. The van der Waals surface area contributed by atoms with Gasteiger partial charge in [-0.1, -0.05) is 59.6 Å². The average molecular weight is 769 g/mol. The number of ether oxygens (including phenoxy) is 2. The van der Waals surface area contributed by atoms with Crippen molar-refractivity contribution in [3.8, 4) is 45.4 Å². The first-order chi connectivity index (χ1) is 26.3. The Kier molecular flexibility index (Phi) is 9.45. The van der Waals surface area contributed by atoms with Gasteiger partial charge in [-0.3, -0.25) is 19.5 Å². The SMILES string of the molecule is COc1nc(-c2cccc(-c3cccc(-c4cc5c(c(OCC6CC6)n4)C(NC[C@@H]4CCC(=O)N4)CC5)c3Cl)c2Cl)cnc1CN1CC2(CCC(=O)N2)C1. The molecule has 9 rings (SSSR count). The Balaban J connectivity index is 0.980. The first kappa shape index (κ1) is 35.4. The molecule has 3 saturated heterocycles. The molecule has 3 aliphatic heterocycles. The van der Waals surface area contributed by atoms with Crippen LogP contribution in [0.15, 0.2) is 48.7 Å². The Bertz CT molecular complexity index is 2140. The van der Waals surface area contributed by atoms with E-state index in [9.17, 15) is 9.59 Å². The highest BCUT2D eigenvalue weighted by Gasteiger charge is 2.47. The van der Waals surface area contributed by atoms with E-state index in [1.54, 1.807) is 13.3 Å². The second kappa shape index (κ2) is 14.4. The molecule has 1 unspecified atom stereocenters. The average Bonchev–Trinajstić information content (AvgIpc) is 3.54. The number of halogens is 2. The summed E-state index contributed by atoms with van der Waals surface area (Å²) >= 11 is 14.5. The molecule has 4 fully saturated rings. The highest BCUT2D eigenvalue weighted by Crippen LogP contribution is 2.45. The maximum absolute atomic E-state index is 11.8. The Morgan fingerprint density at radius 3 is 2.28 bits per heavy atom. The number of fused-ring (bicyclic) bond motifs is 1. The van der Waals surface area contributed by atoms with Crippen molar-refractivity contribution < 1.29 is 19.1 Å². The van der Waals surface area contributed by atoms with Gasteiger partial charge in [-0.2, -0.15) is 0 Å². The minimum absolute atomic E-state index is 0.107. The molecule has 3 N–H and O–H groups in total. The molecule has 2 aromatic heterocycles. The van der Waals surface area contributed by atoms with Gasteiger partial charge in [0.25, 0.3) is 0 Å². The van der Waals surface area contributed by atoms with Crippen molar-refractivity contribution in [3.05, 3.63) is 75.5 Å². The number of hydrogen-bond donors (Lipinski definition) is 3. The smallest absolute Gasteiger partial charge is 0.237 e. The van der Waals surface area contributed by atoms with Crippen LogP contribution in [0.25, 0.3) is 33.6 Å². The number of rotatable bonds is 12. The van der Waals surface area contributed by atoms with Gasteiger partial charge in [-0.05, 0) is 56.1 Å². The topological polar surface area (TPSA) is 131 Å². The third-order valence-electron chi connectivity index (χ3n) is 11.5. The minimum Gasteiger partial charge on any atom is -0.480 e. The zero-order chi connectivity index (χ0) is 37.0. The molecule has 0 radical (unpaired) electrons. The van der Waals surface area contributed by atoms with Crippen LogP contribution >= 0.6 is 23.2 Å². The number of methoxy groups -OCH3 is 1. The number of likely N-dealkylation sites (tertiary alicyclic amines) is 1. The van der Waals surface area contributed by atoms with Gasteiger partial charge in [0.05, 0.1) is 46.9 Å². The highest BCUT2D eigenvalue weighted by atomic mass is 35.5. The fraction of sp³-hybridized carbons (Fsp3) is 0.439. The molecule has 0 bridgehead atoms. The van der Waals surface area contributed by atoms with Crippen molar-refractivity contribution in [2.24, 2.45) is 5.92 Å². The van der Waals surface area contributed by atoms with Crippen molar-refractivity contribution in [2.75, 3.05) is 33.4 Å². The summed E-state index contributed by atoms with van der Waals surface area (Å²) in [5.74, 6) is 1.93. The van der Waals surface area contributed by atoms with Crippen LogP contribution in [0.2, 0.25) is 10.0 Å². The Labute approximate surface area is 324 Å². The van der Waals surface area contributed by atoms with Crippen molar-refractivity contribution in [1.82, 2.24) is 35.8 Å². The summed E-state index contributed by atoms with van der Waals surface area (Å²) in [6.07, 6.45) is 8.83. The normalized spacial score (nSPS) is 21.5. The molecule has 1 spiro atoms. The molecular weight excluding hydrogens is 725 g/mol. The van der Waals surface area contributed by atoms with Gasteiger partial charge in [0.1, 0.15) is 5.69 Å². The number of hydrogen-bond acceptors (Lipinski definition) is 9. The maximum Gasteiger partial charge on any atom is 0.237 e. The number of carbonyl (C=O) groups is 2. The summed E-state index contributed by atoms with van der Waals surface area (Å²) < 4.78 is 12.2. The molecule has 54 heavy (non-hydrogen) atoms. The Morgan fingerprint density at radius 2 is 1.61 bits per heavy atom.